The van der Waals surface area contributed by atoms with Crippen LogP contribution in [0.5, 0.6) is 0 Å². The van der Waals surface area contributed by atoms with Crippen molar-refractivity contribution in [3.8, 4) is 11.8 Å². The van der Waals surface area contributed by atoms with E-state index >= 15 is 4.39 Å². The smallest absolute Gasteiger partial charge is 0.205 e. The van der Waals surface area contributed by atoms with E-state index in [2.05, 4.69) is 24.8 Å². The van der Waals surface area contributed by atoms with Gasteiger partial charge < -0.3 is 0 Å². The Kier molecular flexibility index (Phi) is 9.30. The molecule has 0 atom stereocenters. The van der Waals surface area contributed by atoms with Crippen LogP contribution in [0.3, 0.4) is 0 Å². The van der Waals surface area contributed by atoms with E-state index < -0.39 is 11.7 Å². The lowest BCUT2D eigenvalue weighted by Crippen LogP contribution is -2.15. The molecule has 1 saturated carbocycles. The number of hydrogen-bond donors (Lipinski definition) is 0. The van der Waals surface area contributed by atoms with Gasteiger partial charge in [0.1, 0.15) is 5.82 Å². The Morgan fingerprint density at radius 1 is 0.784 bits per heavy atom. The third-order valence-electron chi connectivity index (χ3n) is 7.85. The number of aryl methyl sites for hydroxylation is 1. The van der Waals surface area contributed by atoms with Crippen molar-refractivity contribution in [2.45, 2.75) is 83.7 Å². The van der Waals surface area contributed by atoms with Crippen LogP contribution >= 0.6 is 0 Å². The Balaban J connectivity index is 1.33. The number of hydrogen-bond acceptors (Lipinski definition) is 0. The van der Waals surface area contributed by atoms with Crippen LogP contribution in [0, 0.1) is 29.5 Å². The van der Waals surface area contributed by atoms with Crippen LogP contribution in [0.4, 0.5) is 17.6 Å². The number of benzene rings is 3. The van der Waals surface area contributed by atoms with Crippen molar-refractivity contribution in [2.24, 2.45) is 11.8 Å². The fraction of sp³-hybridized carbons (Fsp3) is 0.455. The molecule has 0 bridgehead atoms. The minimum Gasteiger partial charge on any atom is -0.205 e. The number of alkyl halides is 3. The van der Waals surface area contributed by atoms with Gasteiger partial charge in [0.15, 0.2) is 0 Å². The maximum Gasteiger partial charge on any atom is 0.416 e. The average Bonchev–Trinajstić information content (AvgIpc) is 2.90. The average molecular weight is 509 g/mol. The van der Waals surface area contributed by atoms with Gasteiger partial charge in [0.05, 0.1) is 11.1 Å². The summed E-state index contributed by atoms with van der Waals surface area (Å²) in [6.45, 7) is 2.26. The molecule has 0 aliphatic heterocycles. The van der Waals surface area contributed by atoms with E-state index in [9.17, 15) is 13.2 Å². The van der Waals surface area contributed by atoms with Crippen molar-refractivity contribution in [1.82, 2.24) is 0 Å². The molecule has 0 heterocycles. The summed E-state index contributed by atoms with van der Waals surface area (Å²) < 4.78 is 53.3. The molecule has 1 fully saturated rings. The summed E-state index contributed by atoms with van der Waals surface area (Å²) in [5, 5.41) is 1.37. The molecular weight excluding hydrogens is 472 g/mol. The van der Waals surface area contributed by atoms with E-state index in [4.69, 9.17) is 0 Å². The minimum absolute atomic E-state index is 0.242. The molecule has 0 N–H and O–H groups in total. The van der Waals surface area contributed by atoms with E-state index in [1.54, 1.807) is 6.07 Å². The Morgan fingerprint density at radius 2 is 1.49 bits per heavy atom. The second kappa shape index (κ2) is 12.6. The van der Waals surface area contributed by atoms with Gasteiger partial charge >= 0.3 is 6.18 Å². The highest BCUT2D eigenvalue weighted by molar-refractivity contribution is 5.85. The zero-order chi connectivity index (χ0) is 26.3. The lowest BCUT2D eigenvalue weighted by atomic mass is 9.77. The predicted octanol–water partition coefficient (Wildman–Crippen LogP) is 10.1. The first-order valence-corrected chi connectivity index (χ1v) is 13.7. The van der Waals surface area contributed by atoms with Crippen molar-refractivity contribution in [3.05, 3.63) is 82.7 Å². The van der Waals surface area contributed by atoms with E-state index in [1.165, 1.54) is 81.9 Å². The lowest BCUT2D eigenvalue weighted by molar-refractivity contribution is -0.137. The summed E-state index contributed by atoms with van der Waals surface area (Å²) >= 11 is 0. The highest BCUT2D eigenvalue weighted by Gasteiger charge is 2.29. The fourth-order valence-electron chi connectivity index (χ4n) is 5.51. The van der Waals surface area contributed by atoms with Gasteiger partial charge in [-0.15, -0.1) is 0 Å². The van der Waals surface area contributed by atoms with Crippen LogP contribution in [-0.4, -0.2) is 0 Å². The Labute approximate surface area is 218 Å². The van der Waals surface area contributed by atoms with Gasteiger partial charge in [-0.3, -0.25) is 0 Å². The SMILES string of the molecule is CCCCCCC1CCC(CCc2ccc3c(F)c(C#Cc4ccc(C(F)(F)F)cc4)ccc3c2)CC1. The molecule has 4 heteroatoms. The second-order valence-electron chi connectivity index (χ2n) is 10.6. The summed E-state index contributed by atoms with van der Waals surface area (Å²) in [6.07, 6.45) is 10.1. The maximum absolute atomic E-state index is 15.1. The molecule has 0 nitrogen and oxygen atoms in total. The topological polar surface area (TPSA) is 0 Å². The molecule has 37 heavy (non-hydrogen) atoms. The van der Waals surface area contributed by atoms with Gasteiger partial charge in [0, 0.05) is 10.9 Å². The summed E-state index contributed by atoms with van der Waals surface area (Å²) in [5.41, 5.74) is 1.16. The Bertz CT molecular complexity index is 1220. The molecule has 0 unspecified atom stereocenters. The van der Waals surface area contributed by atoms with E-state index in [0.29, 0.717) is 10.9 Å². The summed E-state index contributed by atoms with van der Waals surface area (Å²) in [7, 11) is 0. The van der Waals surface area contributed by atoms with Gasteiger partial charge in [-0.25, -0.2) is 4.39 Å². The van der Waals surface area contributed by atoms with Crippen molar-refractivity contribution < 1.29 is 17.6 Å². The molecule has 1 aliphatic rings. The number of fused-ring (bicyclic) bond motifs is 1. The Hall–Kier alpha value is -2.80. The predicted molar refractivity (Wildman–Crippen MR) is 144 cm³/mol. The number of rotatable bonds is 8. The van der Waals surface area contributed by atoms with E-state index in [1.807, 2.05) is 18.2 Å². The molecule has 0 radical (unpaired) electrons. The van der Waals surface area contributed by atoms with Crippen LogP contribution in [0.2, 0.25) is 0 Å². The first-order valence-electron chi connectivity index (χ1n) is 13.7. The summed E-state index contributed by atoms with van der Waals surface area (Å²) in [5.74, 6) is 6.88. The summed E-state index contributed by atoms with van der Waals surface area (Å²) in [4.78, 5) is 0. The molecule has 196 valence electrons. The molecule has 0 spiro atoms. The van der Waals surface area contributed by atoms with Crippen LogP contribution < -0.4 is 0 Å². The van der Waals surface area contributed by atoms with Crippen LogP contribution in [0.1, 0.15) is 93.4 Å². The van der Waals surface area contributed by atoms with Crippen molar-refractivity contribution in [3.63, 3.8) is 0 Å². The quantitative estimate of drug-likeness (QED) is 0.161. The third kappa shape index (κ3) is 7.60. The molecule has 1 aliphatic carbocycles. The molecule has 0 amide bonds. The zero-order valence-corrected chi connectivity index (χ0v) is 21.6. The van der Waals surface area contributed by atoms with Gasteiger partial charge in [-0.1, -0.05) is 101 Å². The molecule has 0 aromatic heterocycles. The first kappa shape index (κ1) is 27.2. The maximum atomic E-state index is 15.1. The standard InChI is InChI=1S/C33H36F4/c1-2-3-4-5-6-24-7-9-25(10-8-24)11-12-27-16-22-31-29(23-27)19-18-28(32(31)34)17-13-26-14-20-30(21-15-26)33(35,36)37/h14-16,18-25H,2-12H2,1H3. The number of unbranched alkanes of at least 4 members (excludes halogenated alkanes) is 3. The van der Waals surface area contributed by atoms with E-state index in [0.717, 1.165) is 35.8 Å². The van der Waals surface area contributed by atoms with Crippen molar-refractivity contribution >= 4 is 10.8 Å². The lowest BCUT2D eigenvalue weighted by Gasteiger charge is -2.28. The third-order valence-corrected chi connectivity index (χ3v) is 7.85. The first-order chi connectivity index (χ1) is 17.8. The van der Waals surface area contributed by atoms with Crippen molar-refractivity contribution in [1.29, 1.82) is 0 Å². The van der Waals surface area contributed by atoms with Gasteiger partial charge in [0.25, 0.3) is 0 Å². The van der Waals surface area contributed by atoms with Gasteiger partial charge in [-0.2, -0.15) is 13.2 Å². The van der Waals surface area contributed by atoms with E-state index in [-0.39, 0.29) is 11.4 Å². The normalized spacial score (nSPS) is 18.0. The molecule has 3 aromatic carbocycles. The molecule has 3 aromatic rings. The van der Waals surface area contributed by atoms with Gasteiger partial charge in [-0.05, 0) is 66.0 Å². The van der Waals surface area contributed by atoms with Crippen LogP contribution in [0.15, 0.2) is 54.6 Å². The second-order valence-corrected chi connectivity index (χ2v) is 10.6. The minimum atomic E-state index is -4.39. The monoisotopic (exact) mass is 508 g/mol. The summed E-state index contributed by atoms with van der Waals surface area (Å²) in [6, 6.07) is 14.0. The molecule has 0 saturated heterocycles. The highest BCUT2D eigenvalue weighted by atomic mass is 19.4. The fourth-order valence-corrected chi connectivity index (χ4v) is 5.51. The number of halogens is 4. The Morgan fingerprint density at radius 3 is 2.16 bits per heavy atom. The van der Waals surface area contributed by atoms with Crippen molar-refractivity contribution in [2.75, 3.05) is 0 Å². The molecular formula is C33H36F4. The van der Waals surface area contributed by atoms with Gasteiger partial charge in [0.2, 0.25) is 0 Å². The van der Waals surface area contributed by atoms with Crippen LogP contribution in [-0.2, 0) is 12.6 Å². The highest BCUT2D eigenvalue weighted by Crippen LogP contribution is 2.35. The molecule has 4 rings (SSSR count). The van der Waals surface area contributed by atoms with Crippen LogP contribution in [0.25, 0.3) is 10.8 Å². The zero-order valence-electron chi connectivity index (χ0n) is 21.6. The largest absolute Gasteiger partial charge is 0.416 e.